The van der Waals surface area contributed by atoms with Crippen LogP contribution in [-0.2, 0) is 6.42 Å². The first-order chi connectivity index (χ1) is 8.04. The lowest BCUT2D eigenvalue weighted by atomic mass is 10.1. The standard InChI is InChI=1S/C13H20N4/c1-9(2)16-7-12(8-16)17-11(4)13(5-6-14)10(3)15-17/h9,12H,5,7-8H2,1-4H3. The molecule has 0 aromatic carbocycles. The quantitative estimate of drug-likeness (QED) is 0.798. The van der Waals surface area contributed by atoms with Gasteiger partial charge in [-0.15, -0.1) is 0 Å². The Morgan fingerprint density at radius 2 is 2.06 bits per heavy atom. The van der Waals surface area contributed by atoms with E-state index in [2.05, 4.69) is 41.5 Å². The highest BCUT2D eigenvalue weighted by atomic mass is 15.4. The summed E-state index contributed by atoms with van der Waals surface area (Å²) in [5.74, 6) is 0. The highest BCUT2D eigenvalue weighted by Gasteiger charge is 2.31. The molecule has 0 radical (unpaired) electrons. The van der Waals surface area contributed by atoms with E-state index in [1.54, 1.807) is 0 Å². The van der Waals surface area contributed by atoms with Gasteiger partial charge >= 0.3 is 0 Å². The third-order valence-corrected chi connectivity index (χ3v) is 3.70. The van der Waals surface area contributed by atoms with E-state index in [4.69, 9.17) is 5.26 Å². The molecule has 0 amide bonds. The van der Waals surface area contributed by atoms with Crippen LogP contribution in [0.2, 0.25) is 0 Å². The van der Waals surface area contributed by atoms with E-state index in [9.17, 15) is 0 Å². The van der Waals surface area contributed by atoms with Gasteiger partial charge in [0.05, 0.1) is 24.2 Å². The Hall–Kier alpha value is -1.34. The van der Waals surface area contributed by atoms with Crippen LogP contribution in [0.4, 0.5) is 0 Å². The zero-order valence-electron chi connectivity index (χ0n) is 11.1. The number of aryl methyl sites for hydroxylation is 1. The summed E-state index contributed by atoms with van der Waals surface area (Å²) in [6, 6.07) is 3.32. The molecule has 0 spiro atoms. The molecular formula is C13H20N4. The molecule has 4 heteroatoms. The van der Waals surface area contributed by atoms with Crippen molar-refractivity contribution in [2.75, 3.05) is 13.1 Å². The Morgan fingerprint density at radius 1 is 1.41 bits per heavy atom. The maximum atomic E-state index is 8.81. The lowest BCUT2D eigenvalue weighted by molar-refractivity contribution is 0.0661. The van der Waals surface area contributed by atoms with Gasteiger partial charge in [0.2, 0.25) is 0 Å². The van der Waals surface area contributed by atoms with Gasteiger partial charge in [0.1, 0.15) is 0 Å². The monoisotopic (exact) mass is 232 g/mol. The van der Waals surface area contributed by atoms with Crippen LogP contribution in [0, 0.1) is 25.2 Å². The van der Waals surface area contributed by atoms with Gasteiger partial charge in [0, 0.05) is 30.4 Å². The fourth-order valence-electron chi connectivity index (χ4n) is 2.45. The lowest BCUT2D eigenvalue weighted by Crippen LogP contribution is -2.51. The van der Waals surface area contributed by atoms with Crippen molar-refractivity contribution in [1.82, 2.24) is 14.7 Å². The van der Waals surface area contributed by atoms with E-state index in [0.717, 1.165) is 30.0 Å². The topological polar surface area (TPSA) is 44.9 Å². The molecule has 1 saturated heterocycles. The van der Waals surface area contributed by atoms with Crippen molar-refractivity contribution in [3.05, 3.63) is 17.0 Å². The van der Waals surface area contributed by atoms with Crippen LogP contribution in [-0.4, -0.2) is 33.8 Å². The normalized spacial score (nSPS) is 17.2. The molecule has 2 heterocycles. The highest BCUT2D eigenvalue weighted by Crippen LogP contribution is 2.26. The van der Waals surface area contributed by atoms with E-state index < -0.39 is 0 Å². The van der Waals surface area contributed by atoms with Gasteiger partial charge in [-0.25, -0.2) is 0 Å². The molecule has 1 fully saturated rings. The van der Waals surface area contributed by atoms with Crippen molar-refractivity contribution in [2.24, 2.45) is 0 Å². The zero-order chi connectivity index (χ0) is 12.6. The average molecular weight is 232 g/mol. The maximum absolute atomic E-state index is 8.81. The molecule has 1 aliphatic heterocycles. The van der Waals surface area contributed by atoms with Gasteiger partial charge < -0.3 is 0 Å². The smallest absolute Gasteiger partial charge is 0.0776 e. The van der Waals surface area contributed by atoms with E-state index in [1.807, 2.05) is 6.92 Å². The first-order valence-electron chi connectivity index (χ1n) is 6.20. The third kappa shape index (κ3) is 2.07. The summed E-state index contributed by atoms with van der Waals surface area (Å²) in [4.78, 5) is 2.44. The number of aromatic nitrogens is 2. The molecular weight excluding hydrogens is 212 g/mol. The highest BCUT2D eigenvalue weighted by molar-refractivity contribution is 5.28. The second-order valence-corrected chi connectivity index (χ2v) is 5.13. The molecule has 0 aliphatic carbocycles. The van der Waals surface area contributed by atoms with Crippen LogP contribution >= 0.6 is 0 Å². The zero-order valence-corrected chi connectivity index (χ0v) is 11.1. The molecule has 92 valence electrons. The minimum Gasteiger partial charge on any atom is -0.297 e. The Labute approximate surface area is 103 Å². The molecule has 1 aliphatic rings. The summed E-state index contributed by atoms with van der Waals surface area (Å²) >= 11 is 0. The summed E-state index contributed by atoms with van der Waals surface area (Å²) in [6.45, 7) is 10.7. The lowest BCUT2D eigenvalue weighted by Gasteiger charge is -2.42. The Bertz CT molecular complexity index is 447. The number of hydrogen-bond acceptors (Lipinski definition) is 3. The number of nitrogens with zero attached hydrogens (tertiary/aromatic N) is 4. The average Bonchev–Trinajstić information content (AvgIpc) is 2.44. The van der Waals surface area contributed by atoms with Gasteiger partial charge in [0.15, 0.2) is 0 Å². The molecule has 1 aromatic rings. The van der Waals surface area contributed by atoms with E-state index in [0.29, 0.717) is 18.5 Å². The second-order valence-electron chi connectivity index (χ2n) is 5.13. The van der Waals surface area contributed by atoms with Crippen LogP contribution in [0.15, 0.2) is 0 Å². The van der Waals surface area contributed by atoms with Gasteiger partial charge in [-0.05, 0) is 27.7 Å². The Balaban J connectivity index is 2.14. The largest absolute Gasteiger partial charge is 0.297 e. The molecule has 0 saturated carbocycles. The minimum atomic E-state index is 0.471. The molecule has 0 N–H and O–H groups in total. The Kier molecular flexibility index (Phi) is 3.21. The van der Waals surface area contributed by atoms with Crippen LogP contribution < -0.4 is 0 Å². The van der Waals surface area contributed by atoms with Crippen molar-refractivity contribution < 1.29 is 0 Å². The first kappa shape index (κ1) is 12.1. The van der Waals surface area contributed by atoms with Crippen LogP contribution in [0.25, 0.3) is 0 Å². The first-order valence-corrected chi connectivity index (χ1v) is 6.20. The predicted octanol–water partition coefficient (Wildman–Crippen LogP) is 1.83. The molecule has 0 atom stereocenters. The number of rotatable bonds is 3. The van der Waals surface area contributed by atoms with Crippen molar-refractivity contribution >= 4 is 0 Å². The third-order valence-electron chi connectivity index (χ3n) is 3.70. The fourth-order valence-corrected chi connectivity index (χ4v) is 2.45. The van der Waals surface area contributed by atoms with Crippen molar-refractivity contribution in [2.45, 2.75) is 46.2 Å². The van der Waals surface area contributed by atoms with Crippen LogP contribution in [0.3, 0.4) is 0 Å². The Morgan fingerprint density at radius 3 is 2.59 bits per heavy atom. The van der Waals surface area contributed by atoms with Crippen molar-refractivity contribution in [3.63, 3.8) is 0 Å². The predicted molar refractivity (Wildman–Crippen MR) is 66.8 cm³/mol. The van der Waals surface area contributed by atoms with Crippen LogP contribution in [0.1, 0.15) is 36.8 Å². The minimum absolute atomic E-state index is 0.471. The molecule has 17 heavy (non-hydrogen) atoms. The SMILES string of the molecule is Cc1nn(C2CN(C(C)C)C2)c(C)c1CC#N. The number of likely N-dealkylation sites (tertiary alicyclic amines) is 1. The maximum Gasteiger partial charge on any atom is 0.0776 e. The fraction of sp³-hybridized carbons (Fsp3) is 0.692. The summed E-state index contributed by atoms with van der Waals surface area (Å²) in [6.07, 6.45) is 0.471. The van der Waals surface area contributed by atoms with Crippen molar-refractivity contribution in [3.8, 4) is 6.07 Å². The van der Waals surface area contributed by atoms with E-state index >= 15 is 0 Å². The number of hydrogen-bond donors (Lipinski definition) is 0. The molecule has 2 rings (SSSR count). The summed E-state index contributed by atoms with van der Waals surface area (Å²) in [7, 11) is 0. The molecule has 4 nitrogen and oxygen atoms in total. The summed E-state index contributed by atoms with van der Waals surface area (Å²) in [5.41, 5.74) is 3.28. The van der Waals surface area contributed by atoms with E-state index in [1.165, 1.54) is 0 Å². The van der Waals surface area contributed by atoms with Gasteiger partial charge in [-0.1, -0.05) is 0 Å². The van der Waals surface area contributed by atoms with E-state index in [-0.39, 0.29) is 0 Å². The van der Waals surface area contributed by atoms with Crippen molar-refractivity contribution in [1.29, 1.82) is 5.26 Å². The number of nitriles is 1. The van der Waals surface area contributed by atoms with Gasteiger partial charge in [0.25, 0.3) is 0 Å². The second kappa shape index (κ2) is 4.50. The van der Waals surface area contributed by atoms with Gasteiger partial charge in [-0.3, -0.25) is 9.58 Å². The summed E-state index contributed by atoms with van der Waals surface area (Å²) in [5, 5.41) is 13.4. The molecule has 0 bridgehead atoms. The van der Waals surface area contributed by atoms with Crippen LogP contribution in [0.5, 0.6) is 0 Å². The molecule has 1 aromatic heterocycles. The molecule has 0 unspecified atom stereocenters. The van der Waals surface area contributed by atoms with Gasteiger partial charge in [-0.2, -0.15) is 10.4 Å². The summed E-state index contributed by atoms with van der Waals surface area (Å²) < 4.78 is 2.11.